The Morgan fingerprint density at radius 2 is 1.90 bits per heavy atom. The predicted molar refractivity (Wildman–Crippen MR) is 122 cm³/mol. The van der Waals surface area contributed by atoms with Crippen LogP contribution in [0.5, 0.6) is 0 Å². The van der Waals surface area contributed by atoms with E-state index in [1.54, 1.807) is 6.20 Å². The summed E-state index contributed by atoms with van der Waals surface area (Å²) in [6, 6.07) is 12.2. The van der Waals surface area contributed by atoms with E-state index < -0.39 is 5.41 Å². The van der Waals surface area contributed by atoms with Crippen LogP contribution in [0, 0.1) is 11.3 Å². The minimum atomic E-state index is -0.700. The molecule has 0 spiro atoms. The lowest BCUT2D eigenvalue weighted by molar-refractivity contribution is -0.140. The Morgan fingerprint density at radius 3 is 2.65 bits per heavy atom. The first kappa shape index (κ1) is 21.5. The number of piperidine rings is 1. The third-order valence-corrected chi connectivity index (χ3v) is 7.16. The van der Waals surface area contributed by atoms with E-state index in [1.165, 1.54) is 25.7 Å². The molecule has 2 fully saturated rings. The molecule has 1 saturated heterocycles. The summed E-state index contributed by atoms with van der Waals surface area (Å²) >= 11 is 0. The van der Waals surface area contributed by atoms with Crippen LogP contribution in [0.3, 0.4) is 0 Å². The second-order valence-corrected chi connectivity index (χ2v) is 9.37. The number of nitrogens with two attached hydrogens (primary N) is 1. The quantitative estimate of drug-likeness (QED) is 0.725. The maximum atomic E-state index is 12.9. The van der Waals surface area contributed by atoms with Crippen LogP contribution in [-0.2, 0) is 16.0 Å². The van der Waals surface area contributed by atoms with Gasteiger partial charge in [0.05, 0.1) is 5.41 Å². The molecule has 5 heteroatoms. The molecule has 2 N–H and O–H groups in total. The molecule has 2 heterocycles. The summed E-state index contributed by atoms with van der Waals surface area (Å²) in [4.78, 5) is 31.7. The van der Waals surface area contributed by atoms with E-state index in [4.69, 9.17) is 5.73 Å². The number of carbonyl (C=O) groups excluding carboxylic acids is 2. The average Bonchev–Trinajstić information content (AvgIpc) is 3.32. The zero-order chi connectivity index (χ0) is 21.7. The summed E-state index contributed by atoms with van der Waals surface area (Å²) in [5, 5.41) is 0. The van der Waals surface area contributed by atoms with Crippen molar-refractivity contribution in [1.82, 2.24) is 9.88 Å². The van der Waals surface area contributed by atoms with Crippen LogP contribution in [0.1, 0.15) is 56.9 Å². The molecule has 1 aromatic carbocycles. The summed E-state index contributed by atoms with van der Waals surface area (Å²) in [5.74, 6) is 0.582. The lowest BCUT2D eigenvalue weighted by atomic mass is 9.74. The lowest BCUT2D eigenvalue weighted by Crippen LogP contribution is -2.53. The molecular formula is C26H33N3O2. The Morgan fingerprint density at radius 1 is 1.10 bits per heavy atom. The van der Waals surface area contributed by atoms with Crippen molar-refractivity contribution in [1.29, 1.82) is 0 Å². The van der Waals surface area contributed by atoms with Crippen molar-refractivity contribution in [2.45, 2.75) is 57.8 Å². The number of likely N-dealkylation sites (tertiary alicyclic amines) is 1. The molecule has 2 aromatic rings. The van der Waals surface area contributed by atoms with Crippen LogP contribution in [0.4, 0.5) is 0 Å². The second-order valence-electron chi connectivity index (χ2n) is 9.37. The number of pyridine rings is 1. The normalized spacial score (nSPS) is 21.9. The molecule has 1 aliphatic heterocycles. The molecule has 0 unspecified atom stereocenters. The summed E-state index contributed by atoms with van der Waals surface area (Å²) in [6.07, 6.45) is 12.4. The van der Waals surface area contributed by atoms with Gasteiger partial charge in [-0.3, -0.25) is 14.6 Å². The van der Waals surface area contributed by atoms with Gasteiger partial charge in [-0.15, -0.1) is 0 Å². The standard InChI is InChI=1S/C26H33N3O2/c27-25(31)26(17-21-8-3-9-22(16-21)23-10-4-14-28-18-23)13-5-15-29(19-26)24(30)12-11-20-6-1-2-7-20/h3-4,8-10,14,16,18,20H,1-2,5-7,11-13,15,17,19H2,(H2,27,31)/t26-/m1/s1. The monoisotopic (exact) mass is 419 g/mol. The zero-order valence-corrected chi connectivity index (χ0v) is 18.3. The van der Waals surface area contributed by atoms with Gasteiger partial charge in [0.2, 0.25) is 11.8 Å². The number of rotatable bonds is 7. The van der Waals surface area contributed by atoms with Gasteiger partial charge >= 0.3 is 0 Å². The van der Waals surface area contributed by atoms with Crippen LogP contribution in [0.2, 0.25) is 0 Å². The third-order valence-electron chi connectivity index (χ3n) is 7.16. The van der Waals surface area contributed by atoms with Crippen LogP contribution < -0.4 is 5.73 Å². The molecule has 1 atom stereocenters. The first-order valence-corrected chi connectivity index (χ1v) is 11.6. The number of carbonyl (C=O) groups is 2. The van der Waals surface area contributed by atoms with Gasteiger partial charge in [-0.2, -0.15) is 0 Å². The number of primary amides is 1. The number of hydrogen-bond acceptors (Lipinski definition) is 3. The van der Waals surface area contributed by atoms with Crippen molar-refractivity contribution >= 4 is 11.8 Å². The number of hydrogen-bond donors (Lipinski definition) is 1. The molecule has 1 saturated carbocycles. The molecule has 0 bridgehead atoms. The smallest absolute Gasteiger partial charge is 0.225 e. The Bertz CT molecular complexity index is 908. The maximum absolute atomic E-state index is 12.9. The number of aromatic nitrogens is 1. The Hall–Kier alpha value is -2.69. The SMILES string of the molecule is NC(=O)[C@@]1(Cc2cccc(-c3cccnc3)c2)CCCN(C(=O)CCC2CCCC2)C1. The summed E-state index contributed by atoms with van der Waals surface area (Å²) in [5.41, 5.74) is 8.44. The first-order valence-electron chi connectivity index (χ1n) is 11.6. The van der Waals surface area contributed by atoms with Gasteiger partial charge in [-0.05, 0) is 54.4 Å². The van der Waals surface area contributed by atoms with Gasteiger partial charge in [0.1, 0.15) is 0 Å². The van der Waals surface area contributed by atoms with Gasteiger partial charge in [-0.1, -0.05) is 56.0 Å². The van der Waals surface area contributed by atoms with Crippen molar-refractivity contribution in [2.24, 2.45) is 17.1 Å². The molecule has 31 heavy (non-hydrogen) atoms. The van der Waals surface area contributed by atoms with Crippen molar-refractivity contribution < 1.29 is 9.59 Å². The van der Waals surface area contributed by atoms with Crippen molar-refractivity contribution in [3.63, 3.8) is 0 Å². The van der Waals surface area contributed by atoms with Gasteiger partial charge < -0.3 is 10.6 Å². The van der Waals surface area contributed by atoms with Crippen molar-refractivity contribution in [3.05, 3.63) is 54.4 Å². The number of benzene rings is 1. The molecule has 0 radical (unpaired) electrons. The van der Waals surface area contributed by atoms with E-state index in [-0.39, 0.29) is 11.8 Å². The molecule has 164 valence electrons. The van der Waals surface area contributed by atoms with Crippen LogP contribution in [-0.4, -0.2) is 34.8 Å². The van der Waals surface area contributed by atoms with Crippen LogP contribution >= 0.6 is 0 Å². The summed E-state index contributed by atoms with van der Waals surface area (Å²) in [7, 11) is 0. The highest BCUT2D eigenvalue weighted by Gasteiger charge is 2.42. The Kier molecular flexibility index (Phi) is 6.69. The summed E-state index contributed by atoms with van der Waals surface area (Å²) in [6.45, 7) is 1.16. The highest BCUT2D eigenvalue weighted by Crippen LogP contribution is 2.35. The van der Waals surface area contributed by atoms with Crippen molar-refractivity contribution in [3.8, 4) is 11.1 Å². The van der Waals surface area contributed by atoms with E-state index in [9.17, 15) is 9.59 Å². The molecule has 2 amide bonds. The Labute approximate surface area is 185 Å². The molecular weight excluding hydrogens is 386 g/mol. The molecule has 4 rings (SSSR count). The van der Waals surface area contributed by atoms with E-state index in [2.05, 4.69) is 17.1 Å². The lowest BCUT2D eigenvalue weighted by Gasteiger charge is -2.41. The highest BCUT2D eigenvalue weighted by atomic mass is 16.2. The van der Waals surface area contributed by atoms with Crippen LogP contribution in [0.15, 0.2) is 48.8 Å². The first-order chi connectivity index (χ1) is 15.1. The second kappa shape index (κ2) is 9.63. The van der Waals surface area contributed by atoms with E-state index in [0.717, 1.165) is 42.5 Å². The molecule has 2 aliphatic rings. The van der Waals surface area contributed by atoms with E-state index in [0.29, 0.717) is 25.3 Å². The fourth-order valence-corrected chi connectivity index (χ4v) is 5.35. The minimum absolute atomic E-state index is 0.182. The fraction of sp³-hybridized carbons (Fsp3) is 0.500. The van der Waals surface area contributed by atoms with Gasteiger partial charge in [0, 0.05) is 31.9 Å². The van der Waals surface area contributed by atoms with E-state index in [1.807, 2.05) is 35.4 Å². The highest BCUT2D eigenvalue weighted by molar-refractivity contribution is 5.83. The number of amides is 2. The fourth-order valence-electron chi connectivity index (χ4n) is 5.35. The van der Waals surface area contributed by atoms with Crippen molar-refractivity contribution in [2.75, 3.05) is 13.1 Å². The number of nitrogens with zero attached hydrogens (tertiary/aromatic N) is 2. The average molecular weight is 420 g/mol. The minimum Gasteiger partial charge on any atom is -0.369 e. The largest absolute Gasteiger partial charge is 0.369 e. The van der Waals surface area contributed by atoms with Crippen LogP contribution in [0.25, 0.3) is 11.1 Å². The molecule has 5 nitrogen and oxygen atoms in total. The zero-order valence-electron chi connectivity index (χ0n) is 18.3. The third kappa shape index (κ3) is 5.15. The molecule has 1 aromatic heterocycles. The van der Waals surface area contributed by atoms with Gasteiger partial charge in [0.25, 0.3) is 0 Å². The van der Waals surface area contributed by atoms with Gasteiger partial charge in [0.15, 0.2) is 0 Å². The topological polar surface area (TPSA) is 76.3 Å². The predicted octanol–water partition coefficient (Wildman–Crippen LogP) is 4.36. The van der Waals surface area contributed by atoms with E-state index >= 15 is 0 Å². The summed E-state index contributed by atoms with van der Waals surface area (Å²) < 4.78 is 0. The van der Waals surface area contributed by atoms with Gasteiger partial charge in [-0.25, -0.2) is 0 Å². The maximum Gasteiger partial charge on any atom is 0.225 e. The Balaban J connectivity index is 1.47. The molecule has 1 aliphatic carbocycles.